The molecule has 1 aliphatic rings. The van der Waals surface area contributed by atoms with E-state index in [9.17, 15) is 14.7 Å². The lowest BCUT2D eigenvalue weighted by Crippen LogP contribution is -2.44. The van der Waals surface area contributed by atoms with E-state index in [1.165, 1.54) is 10.9 Å². The molecule has 1 saturated heterocycles. The summed E-state index contributed by atoms with van der Waals surface area (Å²) in [7, 11) is 0. The summed E-state index contributed by atoms with van der Waals surface area (Å²) >= 11 is 0. The van der Waals surface area contributed by atoms with Crippen LogP contribution in [0.3, 0.4) is 0 Å². The Hall–Kier alpha value is -2.67. The number of carbonyl (C=O) groups is 2. The molecule has 0 bridgehead atoms. The SMILES string of the molecule is CC(C)(C(=O)O)n1cc(NC(=O)C2(c3ccccc3)CCOCC2)cn1. The fraction of sp³-hybridized carbons (Fsp3) is 0.421. The molecule has 0 atom stereocenters. The summed E-state index contributed by atoms with van der Waals surface area (Å²) in [5.74, 6) is -1.12. The van der Waals surface area contributed by atoms with Crippen molar-refractivity contribution in [2.45, 2.75) is 37.6 Å². The Morgan fingerprint density at radius 2 is 1.88 bits per heavy atom. The summed E-state index contributed by atoms with van der Waals surface area (Å²) in [6.45, 7) is 4.15. The maximum absolute atomic E-state index is 13.2. The Balaban J connectivity index is 1.86. The minimum Gasteiger partial charge on any atom is -0.479 e. The molecule has 1 aromatic carbocycles. The summed E-state index contributed by atoms with van der Waals surface area (Å²) in [4.78, 5) is 24.5. The van der Waals surface area contributed by atoms with Crippen molar-refractivity contribution >= 4 is 17.6 Å². The maximum atomic E-state index is 13.2. The number of ether oxygens (including phenoxy) is 1. The molecule has 1 aromatic heterocycles. The molecule has 7 heteroatoms. The van der Waals surface area contributed by atoms with Crippen LogP contribution in [0.5, 0.6) is 0 Å². The number of benzene rings is 1. The number of rotatable bonds is 5. The van der Waals surface area contributed by atoms with Gasteiger partial charge >= 0.3 is 5.97 Å². The van der Waals surface area contributed by atoms with Gasteiger partial charge in [-0.25, -0.2) is 4.79 Å². The molecule has 1 amide bonds. The third-order valence-corrected chi connectivity index (χ3v) is 5.04. The van der Waals surface area contributed by atoms with Crippen molar-refractivity contribution < 1.29 is 19.4 Å². The van der Waals surface area contributed by atoms with E-state index in [4.69, 9.17) is 4.74 Å². The number of carbonyl (C=O) groups excluding carboxylic acids is 1. The Morgan fingerprint density at radius 3 is 2.50 bits per heavy atom. The lowest BCUT2D eigenvalue weighted by molar-refractivity contribution is -0.146. The molecule has 2 heterocycles. The van der Waals surface area contributed by atoms with Crippen LogP contribution in [-0.2, 0) is 25.3 Å². The Kier molecular flexibility index (Phi) is 4.82. The molecule has 26 heavy (non-hydrogen) atoms. The van der Waals surface area contributed by atoms with Gasteiger partial charge in [0.05, 0.1) is 17.3 Å². The van der Waals surface area contributed by atoms with Crippen LogP contribution >= 0.6 is 0 Å². The highest BCUT2D eigenvalue weighted by Gasteiger charge is 2.42. The van der Waals surface area contributed by atoms with Gasteiger partial charge in [-0.05, 0) is 32.3 Å². The predicted octanol–water partition coefficient (Wildman–Crippen LogP) is 2.39. The first-order valence-electron chi connectivity index (χ1n) is 8.59. The first kappa shape index (κ1) is 18.1. The van der Waals surface area contributed by atoms with Gasteiger partial charge in [0.1, 0.15) is 0 Å². The fourth-order valence-corrected chi connectivity index (χ4v) is 3.17. The molecule has 7 nitrogen and oxygen atoms in total. The van der Waals surface area contributed by atoms with Gasteiger partial charge in [-0.1, -0.05) is 30.3 Å². The molecule has 0 aliphatic carbocycles. The molecule has 0 unspecified atom stereocenters. The van der Waals surface area contributed by atoms with E-state index in [-0.39, 0.29) is 5.91 Å². The van der Waals surface area contributed by atoms with E-state index in [2.05, 4.69) is 10.4 Å². The van der Waals surface area contributed by atoms with Gasteiger partial charge in [0.15, 0.2) is 5.54 Å². The van der Waals surface area contributed by atoms with Gasteiger partial charge in [-0.2, -0.15) is 5.10 Å². The van der Waals surface area contributed by atoms with Gasteiger partial charge < -0.3 is 15.2 Å². The monoisotopic (exact) mass is 357 g/mol. The molecule has 2 N–H and O–H groups in total. The first-order valence-corrected chi connectivity index (χ1v) is 8.59. The van der Waals surface area contributed by atoms with Crippen LogP contribution in [0.2, 0.25) is 0 Å². The number of aliphatic carboxylic acids is 1. The minimum atomic E-state index is -1.20. The van der Waals surface area contributed by atoms with Gasteiger partial charge in [-0.15, -0.1) is 0 Å². The second kappa shape index (κ2) is 6.92. The highest BCUT2D eigenvalue weighted by molar-refractivity contribution is 5.99. The number of nitrogens with one attached hydrogen (secondary N) is 1. The molecule has 0 spiro atoms. The lowest BCUT2D eigenvalue weighted by atomic mass is 9.73. The smallest absolute Gasteiger partial charge is 0.331 e. The first-order chi connectivity index (χ1) is 12.4. The van der Waals surface area contributed by atoms with E-state index in [0.717, 1.165) is 5.56 Å². The quantitative estimate of drug-likeness (QED) is 0.857. The molecule has 1 fully saturated rings. The third kappa shape index (κ3) is 3.22. The van der Waals surface area contributed by atoms with E-state index < -0.39 is 16.9 Å². The van der Waals surface area contributed by atoms with Crippen LogP contribution in [0.25, 0.3) is 0 Å². The van der Waals surface area contributed by atoms with Crippen molar-refractivity contribution in [3.05, 3.63) is 48.3 Å². The average Bonchev–Trinajstić information content (AvgIpc) is 3.12. The van der Waals surface area contributed by atoms with Crippen molar-refractivity contribution in [1.29, 1.82) is 0 Å². The van der Waals surface area contributed by atoms with Crippen molar-refractivity contribution in [3.8, 4) is 0 Å². The van der Waals surface area contributed by atoms with E-state index in [1.807, 2.05) is 30.3 Å². The van der Waals surface area contributed by atoms with Crippen molar-refractivity contribution in [2.24, 2.45) is 0 Å². The summed E-state index contributed by atoms with van der Waals surface area (Å²) in [5, 5.41) is 16.3. The molecule has 0 saturated carbocycles. The minimum absolute atomic E-state index is 0.125. The standard InChI is InChI=1S/C19H23N3O4/c1-18(2,17(24)25)22-13-15(12-20-22)21-16(23)19(8-10-26-11-9-19)14-6-4-3-5-7-14/h3-7,12-13H,8-11H2,1-2H3,(H,21,23)(H,24,25). The Labute approximate surface area is 152 Å². The highest BCUT2D eigenvalue weighted by atomic mass is 16.5. The lowest BCUT2D eigenvalue weighted by Gasteiger charge is -2.36. The number of nitrogens with zero attached hydrogens (tertiary/aromatic N) is 2. The highest BCUT2D eigenvalue weighted by Crippen LogP contribution is 2.36. The molecular formula is C19H23N3O4. The van der Waals surface area contributed by atoms with Crippen LogP contribution < -0.4 is 5.32 Å². The number of carboxylic acid groups (broad SMARTS) is 1. The zero-order chi connectivity index (χ0) is 18.8. The number of anilines is 1. The average molecular weight is 357 g/mol. The second-order valence-electron chi connectivity index (χ2n) is 7.05. The third-order valence-electron chi connectivity index (χ3n) is 5.04. The predicted molar refractivity (Wildman–Crippen MR) is 96.0 cm³/mol. The van der Waals surface area contributed by atoms with Crippen LogP contribution in [0, 0.1) is 0 Å². The van der Waals surface area contributed by atoms with E-state index in [0.29, 0.717) is 31.7 Å². The van der Waals surface area contributed by atoms with Crippen LogP contribution in [-0.4, -0.2) is 40.0 Å². The summed E-state index contributed by atoms with van der Waals surface area (Å²) in [5.41, 5.74) is -0.423. The van der Waals surface area contributed by atoms with Crippen LogP contribution in [0.1, 0.15) is 32.3 Å². The molecule has 2 aromatic rings. The maximum Gasteiger partial charge on any atom is 0.331 e. The Morgan fingerprint density at radius 1 is 1.23 bits per heavy atom. The van der Waals surface area contributed by atoms with Crippen molar-refractivity contribution in [1.82, 2.24) is 9.78 Å². The summed E-state index contributed by atoms with van der Waals surface area (Å²) in [6.07, 6.45) is 4.21. The van der Waals surface area contributed by atoms with Crippen LogP contribution in [0.4, 0.5) is 5.69 Å². The largest absolute Gasteiger partial charge is 0.479 e. The number of aromatic nitrogens is 2. The van der Waals surface area contributed by atoms with Gasteiger partial charge in [0.25, 0.3) is 0 Å². The number of carboxylic acids is 1. The van der Waals surface area contributed by atoms with E-state index in [1.54, 1.807) is 20.0 Å². The van der Waals surface area contributed by atoms with Crippen molar-refractivity contribution in [2.75, 3.05) is 18.5 Å². The zero-order valence-corrected chi connectivity index (χ0v) is 14.9. The van der Waals surface area contributed by atoms with E-state index >= 15 is 0 Å². The second-order valence-corrected chi connectivity index (χ2v) is 7.05. The number of amides is 1. The normalized spacial score (nSPS) is 16.8. The molecular weight excluding hydrogens is 334 g/mol. The molecule has 3 rings (SSSR count). The summed E-state index contributed by atoms with van der Waals surface area (Å²) in [6, 6.07) is 9.69. The van der Waals surface area contributed by atoms with Crippen LogP contribution in [0.15, 0.2) is 42.7 Å². The topological polar surface area (TPSA) is 93.5 Å². The van der Waals surface area contributed by atoms with Gasteiger partial charge in [-0.3, -0.25) is 9.48 Å². The molecule has 1 aliphatic heterocycles. The van der Waals surface area contributed by atoms with Crippen molar-refractivity contribution in [3.63, 3.8) is 0 Å². The van der Waals surface area contributed by atoms with Gasteiger partial charge in [0, 0.05) is 19.4 Å². The molecule has 138 valence electrons. The number of hydrogen-bond acceptors (Lipinski definition) is 4. The molecule has 0 radical (unpaired) electrons. The fourth-order valence-electron chi connectivity index (χ4n) is 3.17. The Bertz CT molecular complexity index is 792. The van der Waals surface area contributed by atoms with Gasteiger partial charge in [0.2, 0.25) is 5.91 Å². The summed E-state index contributed by atoms with van der Waals surface area (Å²) < 4.78 is 6.80. The number of hydrogen-bond donors (Lipinski definition) is 2. The zero-order valence-electron chi connectivity index (χ0n) is 14.9.